The summed E-state index contributed by atoms with van der Waals surface area (Å²) in [6.45, 7) is 7.39. The zero-order chi connectivity index (χ0) is 25.0. The molecule has 0 unspecified atom stereocenters. The van der Waals surface area contributed by atoms with Crippen LogP contribution in [0.3, 0.4) is 0 Å². The summed E-state index contributed by atoms with van der Waals surface area (Å²) >= 11 is 0. The molecule has 8 heteroatoms. The number of nitrogens with zero attached hydrogens (tertiary/aromatic N) is 5. The van der Waals surface area contributed by atoms with Gasteiger partial charge in [-0.1, -0.05) is 48.5 Å². The molecular formula is C27H33N5O3. The number of aromatic nitrogens is 3. The van der Waals surface area contributed by atoms with Crippen LogP contribution in [0.1, 0.15) is 44.2 Å². The fraction of sp³-hybridized carbons (Fsp3) is 0.407. The van der Waals surface area contributed by atoms with Crippen molar-refractivity contribution in [3.05, 3.63) is 66.5 Å². The number of rotatable bonds is 5. The Morgan fingerprint density at radius 3 is 2.20 bits per heavy atom. The molecule has 1 fully saturated rings. The number of para-hydroxylation sites is 1. The zero-order valence-electron chi connectivity index (χ0n) is 20.8. The van der Waals surface area contributed by atoms with E-state index < -0.39 is 5.60 Å². The van der Waals surface area contributed by atoms with E-state index in [1.807, 2.05) is 86.3 Å². The predicted octanol–water partition coefficient (Wildman–Crippen LogP) is 4.65. The first kappa shape index (κ1) is 24.4. The molecule has 1 aliphatic rings. The monoisotopic (exact) mass is 475 g/mol. The molecule has 1 saturated heterocycles. The standard InChI is InChI=1S/C27H33N5O3/c1-27(2,3)35-26(34)30(4)19-20-15-17-31(18-16-20)25(33)23-28-24(21-11-7-5-8-12-21)32(29-23)22-13-9-6-10-14-22/h5-14,20H,15-19H2,1-4H3. The number of ether oxygens (including phenoxy) is 1. The number of hydrogen-bond donors (Lipinski definition) is 0. The van der Waals surface area contributed by atoms with Crippen LogP contribution in [0.5, 0.6) is 0 Å². The van der Waals surface area contributed by atoms with E-state index in [0.717, 1.165) is 24.1 Å². The van der Waals surface area contributed by atoms with Gasteiger partial charge in [0, 0.05) is 32.2 Å². The second-order valence-electron chi connectivity index (χ2n) is 9.97. The van der Waals surface area contributed by atoms with Crippen molar-refractivity contribution in [2.45, 2.75) is 39.2 Å². The largest absolute Gasteiger partial charge is 0.444 e. The van der Waals surface area contributed by atoms with Crippen LogP contribution in [0.2, 0.25) is 0 Å². The number of carbonyl (C=O) groups is 2. The number of carbonyl (C=O) groups excluding carboxylic acids is 2. The molecule has 0 radical (unpaired) electrons. The van der Waals surface area contributed by atoms with Gasteiger partial charge in [-0.05, 0) is 51.7 Å². The molecular weight excluding hydrogens is 442 g/mol. The van der Waals surface area contributed by atoms with Crippen molar-refractivity contribution >= 4 is 12.0 Å². The number of likely N-dealkylation sites (tertiary alicyclic amines) is 1. The van der Waals surface area contributed by atoms with Crippen molar-refractivity contribution in [3.8, 4) is 17.1 Å². The van der Waals surface area contributed by atoms with Crippen LogP contribution in [0.4, 0.5) is 4.79 Å². The molecule has 1 aliphatic heterocycles. The average Bonchev–Trinajstić information content (AvgIpc) is 3.30. The molecule has 0 saturated carbocycles. The van der Waals surface area contributed by atoms with Crippen LogP contribution >= 0.6 is 0 Å². The first-order valence-electron chi connectivity index (χ1n) is 12.0. The molecule has 2 aromatic carbocycles. The maximum Gasteiger partial charge on any atom is 0.410 e. The Kier molecular flexibility index (Phi) is 7.19. The second-order valence-corrected chi connectivity index (χ2v) is 9.97. The van der Waals surface area contributed by atoms with Crippen LogP contribution in [0, 0.1) is 5.92 Å². The summed E-state index contributed by atoms with van der Waals surface area (Å²) in [6, 6.07) is 19.5. The van der Waals surface area contributed by atoms with E-state index in [-0.39, 0.29) is 17.8 Å². The lowest BCUT2D eigenvalue weighted by Crippen LogP contribution is -2.43. The molecule has 2 amide bonds. The van der Waals surface area contributed by atoms with Crippen LogP contribution in [-0.2, 0) is 4.74 Å². The number of benzene rings is 2. The van der Waals surface area contributed by atoms with Gasteiger partial charge in [-0.3, -0.25) is 4.79 Å². The predicted molar refractivity (Wildman–Crippen MR) is 134 cm³/mol. The minimum atomic E-state index is -0.518. The maximum absolute atomic E-state index is 13.3. The molecule has 0 aliphatic carbocycles. The van der Waals surface area contributed by atoms with Gasteiger partial charge in [-0.2, -0.15) is 0 Å². The molecule has 35 heavy (non-hydrogen) atoms. The highest BCUT2D eigenvalue weighted by molar-refractivity contribution is 5.91. The van der Waals surface area contributed by atoms with E-state index in [4.69, 9.17) is 4.74 Å². The van der Waals surface area contributed by atoms with Gasteiger partial charge in [-0.25, -0.2) is 14.5 Å². The van der Waals surface area contributed by atoms with Crippen molar-refractivity contribution < 1.29 is 14.3 Å². The molecule has 4 rings (SSSR count). The summed E-state index contributed by atoms with van der Waals surface area (Å²) in [4.78, 5) is 33.7. The number of piperidine rings is 1. The van der Waals surface area contributed by atoms with Crippen LogP contribution in [0.15, 0.2) is 60.7 Å². The third-order valence-electron chi connectivity index (χ3n) is 5.97. The Labute approximate surface area is 206 Å². The molecule has 8 nitrogen and oxygen atoms in total. The summed E-state index contributed by atoms with van der Waals surface area (Å²) in [5.74, 6) is 0.966. The summed E-state index contributed by atoms with van der Waals surface area (Å²) in [5, 5.41) is 4.60. The highest BCUT2D eigenvalue weighted by Gasteiger charge is 2.29. The molecule has 3 aromatic rings. The highest BCUT2D eigenvalue weighted by atomic mass is 16.6. The lowest BCUT2D eigenvalue weighted by molar-refractivity contribution is 0.0245. The third kappa shape index (κ3) is 6.07. The van der Waals surface area contributed by atoms with Gasteiger partial charge in [0.1, 0.15) is 5.60 Å². The van der Waals surface area contributed by atoms with Gasteiger partial charge >= 0.3 is 6.09 Å². The van der Waals surface area contributed by atoms with E-state index in [0.29, 0.717) is 31.4 Å². The lowest BCUT2D eigenvalue weighted by Gasteiger charge is -2.33. The Balaban J connectivity index is 1.44. The number of amides is 2. The Bertz CT molecular complexity index is 1090. The average molecular weight is 476 g/mol. The summed E-state index contributed by atoms with van der Waals surface area (Å²) < 4.78 is 7.18. The summed E-state index contributed by atoms with van der Waals surface area (Å²) in [5.41, 5.74) is 1.23. The second kappa shape index (κ2) is 10.3. The molecule has 0 N–H and O–H groups in total. The van der Waals surface area contributed by atoms with Gasteiger partial charge in [0.15, 0.2) is 5.82 Å². The van der Waals surface area contributed by atoms with Crippen molar-refractivity contribution in [2.24, 2.45) is 5.92 Å². The quantitative estimate of drug-likeness (QED) is 0.536. The first-order valence-corrected chi connectivity index (χ1v) is 12.0. The zero-order valence-corrected chi connectivity index (χ0v) is 20.8. The van der Waals surface area contributed by atoms with Crippen molar-refractivity contribution in [3.63, 3.8) is 0 Å². The lowest BCUT2D eigenvalue weighted by atomic mass is 9.96. The van der Waals surface area contributed by atoms with E-state index in [9.17, 15) is 9.59 Å². The molecule has 184 valence electrons. The van der Waals surface area contributed by atoms with Crippen molar-refractivity contribution in [1.82, 2.24) is 24.6 Å². The fourth-order valence-corrected chi connectivity index (χ4v) is 4.19. The Hall–Kier alpha value is -3.68. The van der Waals surface area contributed by atoms with E-state index >= 15 is 0 Å². The van der Waals surface area contributed by atoms with Crippen LogP contribution in [-0.4, -0.2) is 68.8 Å². The highest BCUT2D eigenvalue weighted by Crippen LogP contribution is 2.24. The van der Waals surface area contributed by atoms with Gasteiger partial charge in [0.2, 0.25) is 5.82 Å². The Morgan fingerprint density at radius 1 is 1.00 bits per heavy atom. The van der Waals surface area contributed by atoms with E-state index in [1.54, 1.807) is 16.6 Å². The SMILES string of the molecule is CN(CC1CCN(C(=O)c2nc(-c3ccccc3)n(-c3ccccc3)n2)CC1)C(=O)OC(C)(C)C. The van der Waals surface area contributed by atoms with Gasteiger partial charge in [0.25, 0.3) is 5.91 Å². The first-order chi connectivity index (χ1) is 16.7. The summed E-state index contributed by atoms with van der Waals surface area (Å²) in [6.07, 6.45) is 1.30. The molecule has 1 aromatic heterocycles. The van der Waals surface area contributed by atoms with Gasteiger partial charge in [-0.15, -0.1) is 5.10 Å². The van der Waals surface area contributed by atoms with Crippen LogP contribution < -0.4 is 0 Å². The molecule has 0 bridgehead atoms. The van der Waals surface area contributed by atoms with Crippen LogP contribution in [0.25, 0.3) is 17.1 Å². The topological polar surface area (TPSA) is 80.6 Å². The van der Waals surface area contributed by atoms with E-state index in [1.165, 1.54) is 0 Å². The normalized spacial score (nSPS) is 14.6. The van der Waals surface area contributed by atoms with Gasteiger partial charge < -0.3 is 14.5 Å². The van der Waals surface area contributed by atoms with Gasteiger partial charge in [0.05, 0.1) is 5.69 Å². The minimum absolute atomic E-state index is 0.171. The minimum Gasteiger partial charge on any atom is -0.444 e. The molecule has 2 heterocycles. The van der Waals surface area contributed by atoms with Crippen molar-refractivity contribution in [1.29, 1.82) is 0 Å². The van der Waals surface area contributed by atoms with Crippen molar-refractivity contribution in [2.75, 3.05) is 26.7 Å². The van der Waals surface area contributed by atoms with E-state index in [2.05, 4.69) is 10.1 Å². The third-order valence-corrected chi connectivity index (χ3v) is 5.97. The smallest absolute Gasteiger partial charge is 0.410 e. The molecule has 0 atom stereocenters. The number of hydrogen-bond acceptors (Lipinski definition) is 5. The molecule has 0 spiro atoms. The maximum atomic E-state index is 13.3. The fourth-order valence-electron chi connectivity index (χ4n) is 4.19. The Morgan fingerprint density at radius 2 is 1.60 bits per heavy atom. The summed E-state index contributed by atoms with van der Waals surface area (Å²) in [7, 11) is 1.76.